The average molecular weight is 254 g/mol. The predicted molar refractivity (Wildman–Crippen MR) is 67.1 cm³/mol. The molecule has 1 aliphatic heterocycles. The van der Waals surface area contributed by atoms with Crippen LogP contribution in [-0.4, -0.2) is 36.4 Å². The van der Waals surface area contributed by atoms with Gasteiger partial charge in [0.2, 0.25) is 5.91 Å². The highest BCUT2D eigenvalue weighted by atomic mass is 35.5. The number of halogens is 1. The molecule has 0 aliphatic carbocycles. The van der Waals surface area contributed by atoms with Crippen molar-refractivity contribution in [3.05, 3.63) is 35.4 Å². The highest BCUT2D eigenvalue weighted by molar-refractivity contribution is 6.27. The van der Waals surface area contributed by atoms with Crippen LogP contribution in [0.15, 0.2) is 24.3 Å². The molecule has 0 fully saturated rings. The molecule has 1 aliphatic rings. The topological polar surface area (TPSA) is 29.5 Å². The number of nitrogens with zero attached hydrogens (tertiary/aromatic N) is 1. The van der Waals surface area contributed by atoms with Gasteiger partial charge in [-0.1, -0.05) is 24.3 Å². The van der Waals surface area contributed by atoms with Crippen LogP contribution in [0.3, 0.4) is 0 Å². The van der Waals surface area contributed by atoms with Crippen molar-refractivity contribution < 1.29 is 9.53 Å². The van der Waals surface area contributed by atoms with Gasteiger partial charge in [-0.25, -0.2) is 0 Å². The Balaban J connectivity index is 1.96. The van der Waals surface area contributed by atoms with E-state index in [-0.39, 0.29) is 17.9 Å². The molecule has 0 saturated heterocycles. The number of carbonyl (C=O) groups excluding carboxylic acids is 1. The number of carbonyl (C=O) groups is 1. The summed E-state index contributed by atoms with van der Waals surface area (Å²) in [5, 5.41) is 0. The third-order valence-electron chi connectivity index (χ3n) is 3.06. The first kappa shape index (κ1) is 12.4. The van der Waals surface area contributed by atoms with E-state index in [1.165, 1.54) is 11.1 Å². The molecule has 1 amide bonds. The summed E-state index contributed by atoms with van der Waals surface area (Å²) < 4.78 is 5.73. The Bertz CT molecular complexity index is 408. The first-order valence-corrected chi connectivity index (χ1v) is 6.22. The molecule has 17 heavy (non-hydrogen) atoms. The highest BCUT2D eigenvalue weighted by Gasteiger charge is 2.21. The molecule has 1 heterocycles. The maximum Gasteiger partial charge on any atom is 0.237 e. The fraction of sp³-hybridized carbons (Fsp3) is 0.462. The maximum absolute atomic E-state index is 11.4. The Morgan fingerprint density at radius 3 is 2.88 bits per heavy atom. The zero-order valence-corrected chi connectivity index (χ0v) is 10.6. The Labute approximate surface area is 106 Å². The SMILES string of the molecule is CN(CC1Cc2ccccc2CO1)C(=O)CCl. The second-order valence-corrected chi connectivity index (χ2v) is 4.58. The zero-order valence-electron chi connectivity index (χ0n) is 9.86. The van der Waals surface area contributed by atoms with E-state index < -0.39 is 0 Å². The third kappa shape index (κ3) is 2.99. The molecule has 1 atom stereocenters. The van der Waals surface area contributed by atoms with Crippen LogP contribution >= 0.6 is 11.6 Å². The molecule has 92 valence electrons. The van der Waals surface area contributed by atoms with E-state index in [1.54, 1.807) is 11.9 Å². The van der Waals surface area contributed by atoms with Crippen LogP contribution < -0.4 is 0 Å². The average Bonchev–Trinajstić information content (AvgIpc) is 2.37. The van der Waals surface area contributed by atoms with Crippen molar-refractivity contribution in [3.63, 3.8) is 0 Å². The second kappa shape index (κ2) is 5.52. The first-order valence-electron chi connectivity index (χ1n) is 5.69. The number of likely N-dealkylation sites (N-methyl/N-ethyl adjacent to an activating group) is 1. The number of hydrogen-bond donors (Lipinski definition) is 0. The molecule has 0 N–H and O–H groups in total. The number of ether oxygens (including phenoxy) is 1. The summed E-state index contributed by atoms with van der Waals surface area (Å²) in [7, 11) is 1.76. The Hall–Kier alpha value is -1.06. The second-order valence-electron chi connectivity index (χ2n) is 4.31. The number of benzene rings is 1. The molecule has 0 radical (unpaired) electrons. The molecule has 1 unspecified atom stereocenters. The Kier molecular flexibility index (Phi) is 4.02. The van der Waals surface area contributed by atoms with Gasteiger partial charge in [-0.3, -0.25) is 4.79 Å². The summed E-state index contributed by atoms with van der Waals surface area (Å²) in [6.07, 6.45) is 0.929. The lowest BCUT2D eigenvalue weighted by Gasteiger charge is -2.28. The Morgan fingerprint density at radius 1 is 1.47 bits per heavy atom. The van der Waals surface area contributed by atoms with Crippen LogP contribution in [0.25, 0.3) is 0 Å². The minimum absolute atomic E-state index is 0.0276. The van der Waals surface area contributed by atoms with E-state index in [2.05, 4.69) is 12.1 Å². The van der Waals surface area contributed by atoms with Crippen molar-refractivity contribution in [2.24, 2.45) is 0 Å². The fourth-order valence-electron chi connectivity index (χ4n) is 2.04. The zero-order chi connectivity index (χ0) is 12.3. The molecule has 1 aromatic rings. The number of fused-ring (bicyclic) bond motifs is 1. The predicted octanol–water partition coefficient (Wildman–Crippen LogP) is 1.83. The van der Waals surface area contributed by atoms with E-state index in [9.17, 15) is 4.79 Å². The van der Waals surface area contributed by atoms with Crippen molar-refractivity contribution in [1.29, 1.82) is 0 Å². The summed E-state index contributed by atoms with van der Waals surface area (Å²) in [5.41, 5.74) is 2.56. The summed E-state index contributed by atoms with van der Waals surface area (Å²) >= 11 is 5.51. The van der Waals surface area contributed by atoms with Crippen LogP contribution in [-0.2, 0) is 22.6 Å². The van der Waals surface area contributed by atoms with E-state index >= 15 is 0 Å². The molecule has 0 bridgehead atoms. The minimum atomic E-state index is -0.0610. The van der Waals surface area contributed by atoms with Gasteiger partial charge in [0, 0.05) is 20.0 Å². The summed E-state index contributed by atoms with van der Waals surface area (Å²) in [6, 6.07) is 8.26. The molecular formula is C13H16ClNO2. The molecule has 2 rings (SSSR count). The van der Waals surface area contributed by atoms with E-state index in [1.807, 2.05) is 12.1 Å². The van der Waals surface area contributed by atoms with Crippen LogP contribution in [0.5, 0.6) is 0 Å². The number of amides is 1. The van der Waals surface area contributed by atoms with Crippen molar-refractivity contribution in [1.82, 2.24) is 4.90 Å². The number of alkyl halides is 1. The van der Waals surface area contributed by atoms with E-state index in [0.29, 0.717) is 13.2 Å². The summed E-state index contributed by atoms with van der Waals surface area (Å²) in [5.74, 6) is -0.0334. The standard InChI is InChI=1S/C13H16ClNO2/c1-15(13(16)7-14)8-12-6-10-4-2-3-5-11(10)9-17-12/h2-5,12H,6-9H2,1H3. The van der Waals surface area contributed by atoms with Gasteiger partial charge in [0.25, 0.3) is 0 Å². The molecule has 3 nitrogen and oxygen atoms in total. The minimum Gasteiger partial charge on any atom is -0.371 e. The number of hydrogen-bond acceptors (Lipinski definition) is 2. The van der Waals surface area contributed by atoms with Crippen LogP contribution in [0.4, 0.5) is 0 Å². The largest absolute Gasteiger partial charge is 0.371 e. The quantitative estimate of drug-likeness (QED) is 0.770. The third-order valence-corrected chi connectivity index (χ3v) is 3.29. The summed E-state index contributed by atoms with van der Waals surface area (Å²) in [4.78, 5) is 13.0. The number of rotatable bonds is 3. The molecular weight excluding hydrogens is 238 g/mol. The van der Waals surface area contributed by atoms with Crippen LogP contribution in [0.2, 0.25) is 0 Å². The van der Waals surface area contributed by atoms with Gasteiger partial charge in [0.15, 0.2) is 0 Å². The smallest absolute Gasteiger partial charge is 0.237 e. The van der Waals surface area contributed by atoms with Gasteiger partial charge >= 0.3 is 0 Å². The van der Waals surface area contributed by atoms with Crippen molar-refractivity contribution >= 4 is 17.5 Å². The molecule has 0 saturated carbocycles. The van der Waals surface area contributed by atoms with Crippen molar-refractivity contribution in [2.45, 2.75) is 19.1 Å². The lowest BCUT2D eigenvalue weighted by Crippen LogP contribution is -2.38. The van der Waals surface area contributed by atoms with Crippen LogP contribution in [0.1, 0.15) is 11.1 Å². The molecule has 4 heteroatoms. The molecule has 0 aromatic heterocycles. The van der Waals surface area contributed by atoms with Gasteiger partial charge in [0.1, 0.15) is 5.88 Å². The molecule has 1 aromatic carbocycles. The normalized spacial score (nSPS) is 18.6. The lowest BCUT2D eigenvalue weighted by atomic mass is 9.99. The van der Waals surface area contributed by atoms with E-state index in [0.717, 1.165) is 6.42 Å². The van der Waals surface area contributed by atoms with Crippen LogP contribution in [0, 0.1) is 0 Å². The van der Waals surface area contributed by atoms with E-state index in [4.69, 9.17) is 16.3 Å². The first-order chi connectivity index (χ1) is 8.20. The fourth-order valence-corrected chi connectivity index (χ4v) is 2.24. The highest BCUT2D eigenvalue weighted by Crippen LogP contribution is 2.20. The maximum atomic E-state index is 11.4. The van der Waals surface area contributed by atoms with Gasteiger partial charge in [-0.15, -0.1) is 11.6 Å². The van der Waals surface area contributed by atoms with Gasteiger partial charge < -0.3 is 9.64 Å². The van der Waals surface area contributed by atoms with Gasteiger partial charge in [-0.2, -0.15) is 0 Å². The monoisotopic (exact) mass is 253 g/mol. The summed E-state index contributed by atoms with van der Waals surface area (Å²) in [6.45, 7) is 1.23. The molecule has 0 spiro atoms. The van der Waals surface area contributed by atoms with Gasteiger partial charge in [0.05, 0.1) is 12.7 Å². The van der Waals surface area contributed by atoms with Crippen molar-refractivity contribution in [3.8, 4) is 0 Å². The van der Waals surface area contributed by atoms with Crippen molar-refractivity contribution in [2.75, 3.05) is 19.5 Å². The van der Waals surface area contributed by atoms with Gasteiger partial charge in [-0.05, 0) is 11.1 Å². The Morgan fingerprint density at radius 2 is 2.18 bits per heavy atom. The lowest BCUT2D eigenvalue weighted by molar-refractivity contribution is -0.129.